The van der Waals surface area contributed by atoms with Crippen LogP contribution in [0.25, 0.3) is 0 Å². The maximum absolute atomic E-state index is 12.5. The number of rotatable bonds is 8. The fourth-order valence-corrected chi connectivity index (χ4v) is 2.58. The van der Waals surface area contributed by atoms with E-state index < -0.39 is 29.7 Å². The minimum Gasteiger partial charge on any atom is -0.465 e. The summed E-state index contributed by atoms with van der Waals surface area (Å²) < 4.78 is 11.1. The fourth-order valence-electron chi connectivity index (χ4n) is 2.22. The Balaban J connectivity index is 3.28. The molecule has 0 spiro atoms. The Bertz CT molecular complexity index is 552. The normalized spacial score (nSPS) is 10.9. The lowest BCUT2D eigenvalue weighted by molar-refractivity contribution is -0.174. The second-order valence-corrected chi connectivity index (χ2v) is 6.22. The van der Waals surface area contributed by atoms with Gasteiger partial charge in [0.1, 0.15) is 0 Å². The van der Waals surface area contributed by atoms with Gasteiger partial charge in [-0.15, -0.1) is 0 Å². The molecule has 0 atom stereocenters. The Morgan fingerprint density at radius 3 is 1.91 bits per heavy atom. The first kappa shape index (κ1) is 19.4. The molecule has 1 aromatic rings. The zero-order valence-electron chi connectivity index (χ0n) is 13.1. The van der Waals surface area contributed by atoms with Crippen molar-refractivity contribution in [2.45, 2.75) is 26.7 Å². The Kier molecular flexibility index (Phi) is 7.47. The van der Waals surface area contributed by atoms with Crippen molar-refractivity contribution >= 4 is 40.4 Å². The fraction of sp³-hybridized carbons (Fsp3) is 0.438. The van der Waals surface area contributed by atoms with Gasteiger partial charge in [0.2, 0.25) is 5.91 Å². The summed E-state index contributed by atoms with van der Waals surface area (Å²) in [4.78, 5) is 36.4. The highest BCUT2D eigenvalue weighted by Gasteiger charge is 2.50. The maximum atomic E-state index is 12.5. The van der Waals surface area contributed by atoms with Crippen LogP contribution in [0.2, 0.25) is 0 Å². The van der Waals surface area contributed by atoms with E-state index in [1.807, 2.05) is 12.1 Å². The quantitative estimate of drug-likeness (QED) is 0.384. The van der Waals surface area contributed by atoms with E-state index in [4.69, 9.17) is 15.2 Å². The van der Waals surface area contributed by atoms with Crippen molar-refractivity contribution in [2.24, 2.45) is 11.1 Å². The van der Waals surface area contributed by atoms with Crippen LogP contribution in [0.1, 0.15) is 25.8 Å². The summed E-state index contributed by atoms with van der Waals surface area (Å²) in [6, 6.07) is 7.27. The van der Waals surface area contributed by atoms with Gasteiger partial charge in [0, 0.05) is 3.57 Å². The molecule has 0 aromatic heterocycles. The molecule has 0 aliphatic carbocycles. The Hall–Kier alpha value is -1.64. The molecular formula is C16H20INO5. The molecule has 0 fully saturated rings. The number of amides is 1. The van der Waals surface area contributed by atoms with Crippen molar-refractivity contribution in [1.29, 1.82) is 0 Å². The molecule has 1 amide bonds. The zero-order valence-corrected chi connectivity index (χ0v) is 15.3. The van der Waals surface area contributed by atoms with Gasteiger partial charge in [0.15, 0.2) is 5.41 Å². The number of benzene rings is 1. The van der Waals surface area contributed by atoms with Crippen molar-refractivity contribution in [2.75, 3.05) is 13.2 Å². The number of carbonyl (C=O) groups is 3. The van der Waals surface area contributed by atoms with E-state index in [0.717, 1.165) is 3.57 Å². The highest BCUT2D eigenvalue weighted by molar-refractivity contribution is 14.1. The molecule has 0 radical (unpaired) electrons. The minimum atomic E-state index is -1.76. The minimum absolute atomic E-state index is 0.00940. The van der Waals surface area contributed by atoms with Gasteiger partial charge in [-0.1, -0.05) is 12.1 Å². The lowest BCUT2D eigenvalue weighted by atomic mass is 9.78. The topological polar surface area (TPSA) is 95.7 Å². The van der Waals surface area contributed by atoms with E-state index in [1.165, 1.54) is 0 Å². The molecular weight excluding hydrogens is 413 g/mol. The summed E-state index contributed by atoms with van der Waals surface area (Å²) in [5.74, 6) is -2.36. The summed E-state index contributed by atoms with van der Waals surface area (Å²) in [5, 5.41) is 0. The van der Waals surface area contributed by atoms with Crippen LogP contribution in [0.15, 0.2) is 24.3 Å². The SMILES string of the molecule is CCOC(=O)C(CC(N)=O)(Cc1ccc(I)cc1)C(=O)OCC. The van der Waals surface area contributed by atoms with Crippen LogP contribution in [0, 0.1) is 8.99 Å². The highest BCUT2D eigenvalue weighted by Crippen LogP contribution is 2.31. The van der Waals surface area contributed by atoms with Crippen LogP contribution in [-0.2, 0) is 30.3 Å². The third-order valence-corrected chi connectivity index (χ3v) is 3.95. The van der Waals surface area contributed by atoms with Crippen LogP contribution < -0.4 is 5.73 Å². The third-order valence-electron chi connectivity index (χ3n) is 3.23. The van der Waals surface area contributed by atoms with Crippen LogP contribution in [0.5, 0.6) is 0 Å². The first-order valence-electron chi connectivity index (χ1n) is 7.23. The first-order chi connectivity index (χ1) is 10.9. The average Bonchev–Trinajstić information content (AvgIpc) is 2.48. The van der Waals surface area contributed by atoms with E-state index in [0.29, 0.717) is 5.56 Å². The van der Waals surface area contributed by atoms with Gasteiger partial charge in [-0.05, 0) is 60.6 Å². The summed E-state index contributed by atoms with van der Waals surface area (Å²) in [7, 11) is 0. The van der Waals surface area contributed by atoms with E-state index >= 15 is 0 Å². The second kappa shape index (κ2) is 8.85. The monoisotopic (exact) mass is 433 g/mol. The van der Waals surface area contributed by atoms with Crippen LogP contribution >= 0.6 is 22.6 Å². The molecule has 7 heteroatoms. The number of nitrogens with two attached hydrogens (primary N) is 1. The van der Waals surface area contributed by atoms with E-state index in [2.05, 4.69) is 22.6 Å². The lowest BCUT2D eigenvalue weighted by Gasteiger charge is -2.28. The first-order valence-corrected chi connectivity index (χ1v) is 8.30. The molecule has 0 aliphatic heterocycles. The van der Waals surface area contributed by atoms with Gasteiger partial charge >= 0.3 is 11.9 Å². The number of primary amides is 1. The molecule has 0 saturated heterocycles. The predicted octanol–water partition coefficient (Wildman–Crippen LogP) is 1.82. The molecule has 0 saturated carbocycles. The maximum Gasteiger partial charge on any atom is 0.324 e. The molecule has 0 bridgehead atoms. The van der Waals surface area contributed by atoms with Crippen LogP contribution in [0.4, 0.5) is 0 Å². The lowest BCUT2D eigenvalue weighted by Crippen LogP contribution is -2.46. The standard InChI is InChI=1S/C16H20INO5/c1-3-22-14(20)16(10-13(18)19,15(21)23-4-2)9-11-5-7-12(17)8-6-11/h5-8H,3-4,9-10H2,1-2H3,(H2,18,19). The molecule has 23 heavy (non-hydrogen) atoms. The summed E-state index contributed by atoms with van der Waals surface area (Å²) in [6.07, 6.45) is -0.471. The molecule has 2 N–H and O–H groups in total. The van der Waals surface area contributed by atoms with Crippen LogP contribution in [0.3, 0.4) is 0 Å². The van der Waals surface area contributed by atoms with Crippen molar-refractivity contribution in [1.82, 2.24) is 0 Å². The number of ether oxygens (including phenoxy) is 2. The summed E-state index contributed by atoms with van der Waals surface area (Å²) in [5.41, 5.74) is 4.22. The number of halogens is 1. The van der Waals surface area contributed by atoms with Gasteiger partial charge in [0.05, 0.1) is 19.6 Å². The van der Waals surface area contributed by atoms with Gasteiger partial charge in [-0.3, -0.25) is 14.4 Å². The number of hydrogen-bond acceptors (Lipinski definition) is 5. The predicted molar refractivity (Wildman–Crippen MR) is 92.4 cm³/mol. The smallest absolute Gasteiger partial charge is 0.324 e. The summed E-state index contributed by atoms with van der Waals surface area (Å²) >= 11 is 2.15. The molecule has 6 nitrogen and oxygen atoms in total. The molecule has 0 heterocycles. The highest BCUT2D eigenvalue weighted by atomic mass is 127. The second-order valence-electron chi connectivity index (χ2n) is 4.97. The number of carbonyl (C=O) groups excluding carboxylic acids is 3. The van der Waals surface area contributed by atoms with Crippen LogP contribution in [-0.4, -0.2) is 31.1 Å². The number of esters is 2. The van der Waals surface area contributed by atoms with Gasteiger partial charge in [0.25, 0.3) is 0 Å². The van der Waals surface area contributed by atoms with Crippen molar-refractivity contribution < 1.29 is 23.9 Å². The molecule has 1 aromatic carbocycles. The zero-order chi connectivity index (χ0) is 17.5. The molecule has 0 aliphatic rings. The number of hydrogen-bond donors (Lipinski definition) is 1. The van der Waals surface area contributed by atoms with E-state index in [-0.39, 0.29) is 19.6 Å². The average molecular weight is 433 g/mol. The molecule has 0 unspecified atom stereocenters. The van der Waals surface area contributed by atoms with Gasteiger partial charge < -0.3 is 15.2 Å². The van der Waals surface area contributed by atoms with E-state index in [9.17, 15) is 14.4 Å². The Morgan fingerprint density at radius 1 is 1.04 bits per heavy atom. The molecule has 1 rings (SSSR count). The largest absolute Gasteiger partial charge is 0.465 e. The third kappa shape index (κ3) is 5.19. The van der Waals surface area contributed by atoms with Gasteiger partial charge in [-0.25, -0.2) is 0 Å². The summed E-state index contributed by atoms with van der Waals surface area (Å²) in [6.45, 7) is 3.43. The van der Waals surface area contributed by atoms with Crippen molar-refractivity contribution in [3.05, 3.63) is 33.4 Å². The van der Waals surface area contributed by atoms with Crippen molar-refractivity contribution in [3.8, 4) is 0 Å². The van der Waals surface area contributed by atoms with Gasteiger partial charge in [-0.2, -0.15) is 0 Å². The Labute approximate surface area is 148 Å². The molecule has 126 valence electrons. The van der Waals surface area contributed by atoms with E-state index in [1.54, 1.807) is 26.0 Å². The van der Waals surface area contributed by atoms with Crippen molar-refractivity contribution in [3.63, 3.8) is 0 Å². The Morgan fingerprint density at radius 2 is 1.52 bits per heavy atom.